The van der Waals surface area contributed by atoms with Gasteiger partial charge in [-0.05, 0) is 26.7 Å². The van der Waals surface area contributed by atoms with E-state index in [2.05, 4.69) is 0 Å². The molecule has 1 aromatic heterocycles. The number of alkyl halides is 3. The van der Waals surface area contributed by atoms with Gasteiger partial charge in [0.1, 0.15) is 0 Å². The van der Waals surface area contributed by atoms with E-state index in [1.165, 1.54) is 23.7 Å². The van der Waals surface area contributed by atoms with Crippen LogP contribution in [0, 0.1) is 0 Å². The maximum atomic E-state index is 13.9. The van der Waals surface area contributed by atoms with Gasteiger partial charge in [0, 0.05) is 30.4 Å². The molecule has 222 valence electrons. The Morgan fingerprint density at radius 3 is 2.34 bits per heavy atom. The lowest BCUT2D eigenvalue weighted by Crippen LogP contribution is -2.48. The molecule has 1 aliphatic heterocycles. The summed E-state index contributed by atoms with van der Waals surface area (Å²) < 4.78 is 41.3. The summed E-state index contributed by atoms with van der Waals surface area (Å²) >= 11 is 1.20. The van der Waals surface area contributed by atoms with Crippen LogP contribution in [0.25, 0.3) is 0 Å². The van der Waals surface area contributed by atoms with Gasteiger partial charge in [-0.15, -0.1) is 11.8 Å². The number of hydrogen-bond donors (Lipinski definition) is 1. The van der Waals surface area contributed by atoms with Crippen LogP contribution in [0.5, 0.6) is 0 Å². The second-order valence-corrected chi connectivity index (χ2v) is 11.9. The standard InChI is InChI=1S/C27H32F3N5O5S/c1-17(2)11-14-33-20-21(32(3)24(39)34(22(20)37)15-19(36)18-9-5-4-6-10-18)35(40-23(38)27(28,29)30)25(33)41-26(16-31)12-7-8-13-26/h4-6,9-11,25H,7-8,12-16,31H2,1-3H3. The number of benzene rings is 1. The summed E-state index contributed by atoms with van der Waals surface area (Å²) in [7, 11) is 1.25. The van der Waals surface area contributed by atoms with Crippen molar-refractivity contribution in [2.24, 2.45) is 12.8 Å². The van der Waals surface area contributed by atoms with E-state index in [-0.39, 0.29) is 30.2 Å². The quantitative estimate of drug-likeness (QED) is 0.344. The van der Waals surface area contributed by atoms with Gasteiger partial charge in [0.25, 0.3) is 5.56 Å². The van der Waals surface area contributed by atoms with Gasteiger partial charge >= 0.3 is 17.8 Å². The fourth-order valence-electron chi connectivity index (χ4n) is 5.00. The molecule has 1 saturated carbocycles. The summed E-state index contributed by atoms with van der Waals surface area (Å²) in [5.74, 6) is -3.31. The molecule has 1 aliphatic carbocycles. The third-order valence-corrected chi connectivity index (χ3v) is 8.94. The van der Waals surface area contributed by atoms with Crippen LogP contribution >= 0.6 is 11.8 Å². The van der Waals surface area contributed by atoms with E-state index in [0.717, 1.165) is 27.5 Å². The Morgan fingerprint density at radius 2 is 1.78 bits per heavy atom. The Hall–Kier alpha value is -3.52. The number of aromatic nitrogens is 2. The number of nitrogens with two attached hydrogens (primary N) is 1. The van der Waals surface area contributed by atoms with Crippen LogP contribution in [0.4, 0.5) is 24.7 Å². The molecule has 2 aliphatic rings. The number of ketones is 1. The second kappa shape index (κ2) is 11.8. The number of halogens is 3. The van der Waals surface area contributed by atoms with Crippen molar-refractivity contribution in [2.75, 3.05) is 23.1 Å². The lowest BCUT2D eigenvalue weighted by atomic mass is 10.1. The predicted molar refractivity (Wildman–Crippen MR) is 150 cm³/mol. The number of rotatable bonds is 9. The first-order valence-corrected chi connectivity index (χ1v) is 14.0. The fourth-order valence-corrected chi connectivity index (χ4v) is 6.63. The average molecular weight is 596 g/mol. The Balaban J connectivity index is 1.90. The summed E-state index contributed by atoms with van der Waals surface area (Å²) in [6.45, 7) is 3.30. The number of allylic oxidation sites excluding steroid dienone is 1. The fraction of sp³-hybridized carbons (Fsp3) is 0.481. The largest absolute Gasteiger partial charge is 0.493 e. The van der Waals surface area contributed by atoms with E-state index in [1.54, 1.807) is 36.4 Å². The summed E-state index contributed by atoms with van der Waals surface area (Å²) in [6.07, 6.45) is -0.515. The highest BCUT2D eigenvalue weighted by molar-refractivity contribution is 8.01. The number of Topliss-reactive ketones (excluding diaryl/α,β-unsaturated/α-hetero) is 1. The summed E-state index contributed by atoms with van der Waals surface area (Å²) in [5.41, 5.74) is 4.13. The first kappa shape index (κ1) is 30.4. The maximum Gasteiger partial charge on any atom is 0.493 e. The zero-order chi connectivity index (χ0) is 30.1. The Morgan fingerprint density at radius 1 is 1.15 bits per heavy atom. The molecule has 0 spiro atoms. The van der Waals surface area contributed by atoms with E-state index < -0.39 is 46.0 Å². The first-order chi connectivity index (χ1) is 19.3. The van der Waals surface area contributed by atoms with Gasteiger partial charge in [-0.3, -0.25) is 18.7 Å². The molecule has 0 amide bonds. The van der Waals surface area contributed by atoms with Gasteiger partial charge in [0.15, 0.2) is 22.8 Å². The lowest BCUT2D eigenvalue weighted by molar-refractivity contribution is -0.201. The van der Waals surface area contributed by atoms with Gasteiger partial charge in [-0.1, -0.05) is 54.8 Å². The van der Waals surface area contributed by atoms with Crippen molar-refractivity contribution >= 4 is 35.0 Å². The minimum atomic E-state index is -5.34. The maximum absolute atomic E-state index is 13.9. The molecule has 4 rings (SSSR count). The second-order valence-electron chi connectivity index (χ2n) is 10.4. The number of hydroxylamine groups is 1. The molecule has 0 bridgehead atoms. The number of hydrogen-bond acceptors (Lipinski definition) is 9. The minimum absolute atomic E-state index is 0.0494. The van der Waals surface area contributed by atoms with Gasteiger partial charge in [-0.25, -0.2) is 9.59 Å². The average Bonchev–Trinajstić information content (AvgIpc) is 3.52. The van der Waals surface area contributed by atoms with Crippen molar-refractivity contribution in [1.29, 1.82) is 0 Å². The number of carbonyl (C=O) groups is 2. The molecule has 10 nitrogen and oxygen atoms in total. The highest BCUT2D eigenvalue weighted by Gasteiger charge is 2.51. The zero-order valence-corrected chi connectivity index (χ0v) is 23.8. The van der Waals surface area contributed by atoms with Crippen molar-refractivity contribution in [3.05, 3.63) is 68.4 Å². The van der Waals surface area contributed by atoms with Crippen molar-refractivity contribution in [2.45, 2.75) is 62.5 Å². The zero-order valence-electron chi connectivity index (χ0n) is 22.9. The highest BCUT2D eigenvalue weighted by atomic mass is 32.2. The predicted octanol–water partition coefficient (Wildman–Crippen LogP) is 3.33. The lowest BCUT2D eigenvalue weighted by Gasteiger charge is -2.37. The third kappa shape index (κ3) is 6.08. The molecule has 0 radical (unpaired) electrons. The monoisotopic (exact) mass is 595 g/mol. The molecule has 1 aromatic carbocycles. The molecule has 1 unspecified atom stereocenters. The molecule has 1 atom stereocenters. The Labute approximate surface area is 238 Å². The highest BCUT2D eigenvalue weighted by Crippen LogP contribution is 2.49. The summed E-state index contributed by atoms with van der Waals surface area (Å²) in [4.78, 5) is 58.8. The van der Waals surface area contributed by atoms with Crippen LogP contribution in [-0.4, -0.2) is 50.4 Å². The number of thioether (sulfide) groups is 1. The van der Waals surface area contributed by atoms with Gasteiger partial charge in [-0.2, -0.15) is 18.2 Å². The van der Waals surface area contributed by atoms with Crippen LogP contribution in [0.2, 0.25) is 0 Å². The summed E-state index contributed by atoms with van der Waals surface area (Å²) in [6, 6.07) is 8.09. The molecule has 2 heterocycles. The third-order valence-electron chi connectivity index (χ3n) is 7.21. The molecular formula is C27H32F3N5O5S. The van der Waals surface area contributed by atoms with Crippen LogP contribution in [0.1, 0.15) is 49.9 Å². The molecule has 1 fully saturated rings. The molecule has 0 saturated heterocycles. The number of carbonyl (C=O) groups excluding carboxylic acids is 2. The van der Waals surface area contributed by atoms with E-state index >= 15 is 0 Å². The van der Waals surface area contributed by atoms with E-state index in [1.807, 2.05) is 13.8 Å². The first-order valence-electron chi connectivity index (χ1n) is 13.1. The van der Waals surface area contributed by atoms with Crippen molar-refractivity contribution in [3.8, 4) is 0 Å². The van der Waals surface area contributed by atoms with E-state index in [9.17, 15) is 32.3 Å². The van der Waals surface area contributed by atoms with Crippen molar-refractivity contribution in [3.63, 3.8) is 0 Å². The minimum Gasteiger partial charge on any atom is -0.329 e. The SMILES string of the molecule is CC(C)=CCN1c2c(n(C)c(=O)n(CC(=O)c3ccccc3)c2=O)N(OC(=O)C(F)(F)F)C1SC1(CN)CCCC1. The Bertz CT molecular complexity index is 1460. The van der Waals surface area contributed by atoms with Crippen LogP contribution in [0.15, 0.2) is 51.6 Å². The molecule has 41 heavy (non-hydrogen) atoms. The molecule has 14 heteroatoms. The van der Waals surface area contributed by atoms with E-state index in [4.69, 9.17) is 10.6 Å². The van der Waals surface area contributed by atoms with Crippen LogP contribution in [-0.2, 0) is 23.2 Å². The molecular weight excluding hydrogens is 563 g/mol. The Kier molecular flexibility index (Phi) is 8.73. The number of fused-ring (bicyclic) bond motifs is 1. The summed E-state index contributed by atoms with van der Waals surface area (Å²) in [5, 5.41) is 0.691. The van der Waals surface area contributed by atoms with E-state index in [0.29, 0.717) is 17.9 Å². The number of nitrogens with zero attached hydrogens (tertiary/aromatic N) is 4. The normalized spacial score (nSPS) is 17.9. The van der Waals surface area contributed by atoms with Crippen LogP contribution in [0.3, 0.4) is 0 Å². The smallest absolute Gasteiger partial charge is 0.329 e. The van der Waals surface area contributed by atoms with Gasteiger partial charge in [0.2, 0.25) is 0 Å². The number of anilines is 2. The topological polar surface area (TPSA) is 120 Å². The van der Waals surface area contributed by atoms with Crippen molar-refractivity contribution < 1.29 is 27.6 Å². The molecule has 2 aromatic rings. The van der Waals surface area contributed by atoms with Gasteiger partial charge in [0.05, 0.1) is 6.54 Å². The molecule has 2 N–H and O–H groups in total. The van der Waals surface area contributed by atoms with Gasteiger partial charge < -0.3 is 15.5 Å². The van der Waals surface area contributed by atoms with Crippen molar-refractivity contribution in [1.82, 2.24) is 9.13 Å². The van der Waals surface area contributed by atoms with Crippen LogP contribution < -0.4 is 26.9 Å².